The zero-order valence-electron chi connectivity index (χ0n) is 5.39. The van der Waals surface area contributed by atoms with Gasteiger partial charge in [-0.15, -0.1) is 0 Å². The molecule has 1 atom stereocenters. The average Bonchev–Trinajstić information content (AvgIpc) is 2.35. The van der Waals surface area contributed by atoms with E-state index in [9.17, 15) is 4.79 Å². The molecule has 4 heteroatoms. The minimum Gasteiger partial charge on any atom is -0.413 e. The van der Waals surface area contributed by atoms with Crippen molar-refractivity contribution in [3.05, 3.63) is 22.0 Å². The molecule has 0 saturated heterocycles. The Morgan fingerprint density at radius 1 is 1.70 bits per heavy atom. The van der Waals surface area contributed by atoms with Gasteiger partial charge in [0.15, 0.2) is 0 Å². The molecule has 1 aliphatic carbocycles. The Balaban J connectivity index is 2.59. The molecule has 2 rings (SSSR count). The number of nitrogens with two attached hydrogens (primary N) is 1. The van der Waals surface area contributed by atoms with Crippen molar-refractivity contribution in [2.45, 2.75) is 18.9 Å². The van der Waals surface area contributed by atoms with Gasteiger partial charge in [0.1, 0.15) is 5.76 Å². The molecule has 1 heterocycles. The fourth-order valence-corrected chi connectivity index (χ4v) is 1.29. The summed E-state index contributed by atoms with van der Waals surface area (Å²) < 4.78 is 4.81. The van der Waals surface area contributed by atoms with E-state index in [1.165, 1.54) is 0 Å². The first-order valence-corrected chi connectivity index (χ1v) is 3.25. The van der Waals surface area contributed by atoms with Crippen LogP contribution in [-0.2, 0) is 6.42 Å². The maximum absolute atomic E-state index is 10.6. The van der Waals surface area contributed by atoms with Crippen LogP contribution in [0.25, 0.3) is 0 Å². The van der Waals surface area contributed by atoms with E-state index in [4.69, 9.17) is 10.2 Å². The molecule has 0 bridgehead atoms. The molecule has 4 nitrogen and oxygen atoms in total. The van der Waals surface area contributed by atoms with E-state index < -0.39 is 0 Å². The van der Waals surface area contributed by atoms with Gasteiger partial charge in [0.2, 0.25) is 0 Å². The van der Waals surface area contributed by atoms with Crippen molar-refractivity contribution in [3.63, 3.8) is 0 Å². The maximum Gasteiger partial charge on any atom is 0.416 e. The van der Waals surface area contributed by atoms with Crippen molar-refractivity contribution in [3.8, 4) is 0 Å². The molecule has 0 aromatic carbocycles. The Labute approximate surface area is 57.0 Å². The number of aromatic nitrogens is 1. The predicted molar refractivity (Wildman–Crippen MR) is 34.6 cm³/mol. The first-order valence-electron chi connectivity index (χ1n) is 3.25. The SMILES string of the molecule is NC1CCc2oc(=O)[nH]c21. The highest BCUT2D eigenvalue weighted by Crippen LogP contribution is 2.25. The number of hydrogen-bond donors (Lipinski definition) is 2. The predicted octanol–water partition coefficient (Wildman–Crippen LogP) is -0.0861. The second-order valence-corrected chi connectivity index (χ2v) is 2.50. The molecule has 0 amide bonds. The Hall–Kier alpha value is -1.03. The number of nitrogens with one attached hydrogen (secondary N) is 1. The van der Waals surface area contributed by atoms with E-state index in [2.05, 4.69) is 4.98 Å². The summed E-state index contributed by atoms with van der Waals surface area (Å²) in [5.74, 6) is 0.345. The van der Waals surface area contributed by atoms with E-state index in [1.54, 1.807) is 0 Å². The van der Waals surface area contributed by atoms with Gasteiger partial charge >= 0.3 is 5.76 Å². The molecule has 0 saturated carbocycles. The van der Waals surface area contributed by atoms with Gasteiger partial charge in [0, 0.05) is 12.5 Å². The lowest BCUT2D eigenvalue weighted by Crippen LogP contribution is -2.08. The van der Waals surface area contributed by atoms with Gasteiger partial charge in [-0.25, -0.2) is 4.79 Å². The van der Waals surface area contributed by atoms with Crippen molar-refractivity contribution < 1.29 is 4.42 Å². The number of aryl methyl sites for hydroxylation is 1. The van der Waals surface area contributed by atoms with Crippen molar-refractivity contribution in [1.29, 1.82) is 0 Å². The second kappa shape index (κ2) is 1.73. The van der Waals surface area contributed by atoms with Gasteiger partial charge in [-0.1, -0.05) is 0 Å². The van der Waals surface area contributed by atoms with Gasteiger partial charge in [-0.2, -0.15) is 0 Å². The van der Waals surface area contributed by atoms with E-state index in [1.807, 2.05) is 0 Å². The summed E-state index contributed by atoms with van der Waals surface area (Å²) in [6, 6.07) is -0.0264. The van der Waals surface area contributed by atoms with Crippen LogP contribution in [0, 0.1) is 0 Å². The van der Waals surface area contributed by atoms with E-state index in [0.717, 1.165) is 24.3 Å². The molecular weight excluding hydrogens is 132 g/mol. The van der Waals surface area contributed by atoms with Crippen LogP contribution in [0.15, 0.2) is 9.21 Å². The molecule has 1 aromatic heterocycles. The van der Waals surface area contributed by atoms with Crippen LogP contribution >= 0.6 is 0 Å². The molecule has 10 heavy (non-hydrogen) atoms. The number of aromatic amines is 1. The minimum absolute atomic E-state index is 0.0264. The summed E-state index contributed by atoms with van der Waals surface area (Å²) in [5, 5.41) is 0. The summed E-state index contributed by atoms with van der Waals surface area (Å²) >= 11 is 0. The molecule has 1 aromatic rings. The highest BCUT2D eigenvalue weighted by atomic mass is 16.4. The van der Waals surface area contributed by atoms with Crippen LogP contribution < -0.4 is 11.5 Å². The first kappa shape index (κ1) is 5.73. The Kier molecular flexibility index (Phi) is 0.990. The number of fused-ring (bicyclic) bond motifs is 1. The largest absolute Gasteiger partial charge is 0.416 e. The summed E-state index contributed by atoms with van der Waals surface area (Å²) in [6.45, 7) is 0. The quantitative estimate of drug-likeness (QED) is 0.529. The lowest BCUT2D eigenvalue weighted by Gasteiger charge is -1.95. The third-order valence-corrected chi connectivity index (χ3v) is 1.81. The summed E-state index contributed by atoms with van der Waals surface area (Å²) in [6.07, 6.45) is 1.67. The molecule has 0 fully saturated rings. The van der Waals surface area contributed by atoms with Crippen molar-refractivity contribution in [2.75, 3.05) is 0 Å². The summed E-state index contributed by atoms with van der Waals surface area (Å²) in [4.78, 5) is 13.1. The van der Waals surface area contributed by atoms with Gasteiger partial charge < -0.3 is 10.2 Å². The number of H-pyrrole nitrogens is 1. The number of oxazole rings is 1. The fourth-order valence-electron chi connectivity index (χ4n) is 1.29. The van der Waals surface area contributed by atoms with Crippen LogP contribution in [0.5, 0.6) is 0 Å². The van der Waals surface area contributed by atoms with Gasteiger partial charge in [-0.05, 0) is 6.42 Å². The Morgan fingerprint density at radius 2 is 2.50 bits per heavy atom. The summed E-state index contributed by atoms with van der Waals surface area (Å²) in [5.41, 5.74) is 6.41. The monoisotopic (exact) mass is 140 g/mol. The van der Waals surface area contributed by atoms with E-state index >= 15 is 0 Å². The minimum atomic E-state index is -0.389. The molecule has 54 valence electrons. The molecule has 3 N–H and O–H groups in total. The van der Waals surface area contributed by atoms with Crippen LogP contribution in [0.1, 0.15) is 23.9 Å². The molecular formula is C6H8N2O2. The lowest BCUT2D eigenvalue weighted by molar-refractivity contribution is 0.469. The second-order valence-electron chi connectivity index (χ2n) is 2.50. The van der Waals surface area contributed by atoms with Gasteiger partial charge in [0.05, 0.1) is 5.69 Å². The normalized spacial score (nSPS) is 23.1. The lowest BCUT2D eigenvalue weighted by atomic mass is 10.3. The van der Waals surface area contributed by atoms with Crippen molar-refractivity contribution in [1.82, 2.24) is 4.98 Å². The summed E-state index contributed by atoms with van der Waals surface area (Å²) in [7, 11) is 0. The van der Waals surface area contributed by atoms with Gasteiger partial charge in [0.25, 0.3) is 0 Å². The fraction of sp³-hybridized carbons (Fsp3) is 0.500. The standard InChI is InChI=1S/C6H8N2O2/c7-3-1-2-4-5(3)8-6(9)10-4/h3H,1-2,7H2,(H,8,9). The first-order chi connectivity index (χ1) is 4.77. The van der Waals surface area contributed by atoms with Crippen LogP contribution in [0.2, 0.25) is 0 Å². The zero-order chi connectivity index (χ0) is 7.14. The third kappa shape index (κ3) is 0.623. The number of rotatable bonds is 0. The van der Waals surface area contributed by atoms with Crippen LogP contribution in [-0.4, -0.2) is 4.98 Å². The van der Waals surface area contributed by atoms with Crippen molar-refractivity contribution >= 4 is 0 Å². The topological polar surface area (TPSA) is 72.0 Å². The highest BCUT2D eigenvalue weighted by Gasteiger charge is 2.23. The molecule has 0 spiro atoms. The molecule has 0 aliphatic heterocycles. The average molecular weight is 140 g/mol. The smallest absolute Gasteiger partial charge is 0.413 e. The Morgan fingerprint density at radius 3 is 3.20 bits per heavy atom. The molecule has 1 unspecified atom stereocenters. The van der Waals surface area contributed by atoms with E-state index in [0.29, 0.717) is 0 Å². The zero-order valence-corrected chi connectivity index (χ0v) is 5.39. The van der Waals surface area contributed by atoms with Gasteiger partial charge in [-0.3, -0.25) is 4.98 Å². The van der Waals surface area contributed by atoms with Crippen LogP contribution in [0.4, 0.5) is 0 Å². The molecule has 1 aliphatic rings. The highest BCUT2D eigenvalue weighted by molar-refractivity contribution is 5.17. The molecule has 0 radical (unpaired) electrons. The van der Waals surface area contributed by atoms with E-state index in [-0.39, 0.29) is 11.8 Å². The third-order valence-electron chi connectivity index (χ3n) is 1.81. The Bertz CT molecular complexity index is 299. The van der Waals surface area contributed by atoms with Crippen molar-refractivity contribution in [2.24, 2.45) is 5.73 Å². The number of hydrogen-bond acceptors (Lipinski definition) is 3. The maximum atomic E-state index is 10.6. The van der Waals surface area contributed by atoms with Crippen LogP contribution in [0.3, 0.4) is 0 Å².